The first-order valence-electron chi connectivity index (χ1n) is 8.90. The maximum atomic E-state index is 13.1. The van der Waals surface area contributed by atoms with E-state index in [2.05, 4.69) is 9.88 Å². The van der Waals surface area contributed by atoms with Crippen LogP contribution in [0.5, 0.6) is 0 Å². The lowest BCUT2D eigenvalue weighted by Crippen LogP contribution is -2.41. The van der Waals surface area contributed by atoms with Crippen LogP contribution in [0.1, 0.15) is 24.0 Å². The predicted molar refractivity (Wildman–Crippen MR) is 92.4 cm³/mol. The molecule has 0 N–H and O–H groups in total. The molecule has 0 aliphatic carbocycles. The van der Waals surface area contributed by atoms with Crippen LogP contribution in [0, 0.1) is 5.82 Å². The van der Waals surface area contributed by atoms with Gasteiger partial charge in [0.2, 0.25) is 0 Å². The van der Waals surface area contributed by atoms with Crippen LogP contribution in [-0.4, -0.2) is 41.3 Å². The molecule has 1 aromatic carbocycles. The molecule has 1 aromatic heterocycles. The van der Waals surface area contributed by atoms with Gasteiger partial charge >= 0.3 is 0 Å². The van der Waals surface area contributed by atoms with E-state index in [1.54, 1.807) is 12.4 Å². The van der Waals surface area contributed by atoms with E-state index in [0.717, 1.165) is 43.7 Å². The molecule has 0 amide bonds. The second-order valence-corrected chi connectivity index (χ2v) is 6.81. The van der Waals surface area contributed by atoms with Crippen molar-refractivity contribution in [3.05, 3.63) is 65.7 Å². The molecule has 0 radical (unpaired) electrons. The molecule has 5 heteroatoms. The molecule has 0 unspecified atom stereocenters. The number of fused-ring (bicyclic) bond motifs is 1. The van der Waals surface area contributed by atoms with Gasteiger partial charge in [-0.3, -0.25) is 9.88 Å². The topological polar surface area (TPSA) is 34.6 Å². The number of likely N-dealkylation sites (tertiary alicyclic amines) is 1. The van der Waals surface area contributed by atoms with Crippen molar-refractivity contribution in [3.63, 3.8) is 0 Å². The van der Waals surface area contributed by atoms with Crippen molar-refractivity contribution in [2.45, 2.75) is 44.2 Å². The van der Waals surface area contributed by atoms with E-state index in [1.165, 1.54) is 12.1 Å². The van der Waals surface area contributed by atoms with Crippen molar-refractivity contribution in [1.82, 2.24) is 9.88 Å². The summed E-state index contributed by atoms with van der Waals surface area (Å²) in [6.07, 6.45) is 5.97. The zero-order valence-corrected chi connectivity index (χ0v) is 14.2. The van der Waals surface area contributed by atoms with Gasteiger partial charge in [-0.15, -0.1) is 0 Å². The van der Waals surface area contributed by atoms with Gasteiger partial charge in [0, 0.05) is 38.1 Å². The van der Waals surface area contributed by atoms with E-state index in [-0.39, 0.29) is 18.0 Å². The van der Waals surface area contributed by atoms with Gasteiger partial charge in [0.05, 0.1) is 12.7 Å². The smallest absolute Gasteiger partial charge is 0.123 e. The number of ether oxygens (including phenoxy) is 2. The molecule has 0 bridgehead atoms. The summed E-state index contributed by atoms with van der Waals surface area (Å²) in [5.41, 5.74) is 2.25. The Kier molecular flexibility index (Phi) is 5.06. The lowest BCUT2D eigenvalue weighted by molar-refractivity contribution is -0.0819. The zero-order valence-electron chi connectivity index (χ0n) is 14.2. The Morgan fingerprint density at radius 1 is 1.12 bits per heavy atom. The predicted octanol–water partition coefficient (Wildman–Crippen LogP) is 3.17. The number of benzene rings is 1. The van der Waals surface area contributed by atoms with Crippen molar-refractivity contribution >= 4 is 0 Å². The number of hydrogen-bond donors (Lipinski definition) is 0. The first-order valence-corrected chi connectivity index (χ1v) is 8.90. The first kappa shape index (κ1) is 16.6. The van der Waals surface area contributed by atoms with E-state index >= 15 is 0 Å². The summed E-state index contributed by atoms with van der Waals surface area (Å²) in [6.45, 7) is 3.03. The van der Waals surface area contributed by atoms with Crippen LogP contribution in [0.15, 0.2) is 48.8 Å². The molecule has 132 valence electrons. The van der Waals surface area contributed by atoms with E-state index in [1.807, 2.05) is 24.3 Å². The van der Waals surface area contributed by atoms with Crippen LogP contribution in [-0.2, 0) is 22.6 Å². The lowest BCUT2D eigenvalue weighted by Gasteiger charge is -2.32. The van der Waals surface area contributed by atoms with Crippen LogP contribution >= 0.6 is 0 Å². The SMILES string of the molecule is Fc1ccc(CN2C[C@H](OCc3ccncc3)[C@H]3OCCC[C@H]32)cc1. The van der Waals surface area contributed by atoms with Crippen molar-refractivity contribution in [2.24, 2.45) is 0 Å². The van der Waals surface area contributed by atoms with Crippen LogP contribution in [0.2, 0.25) is 0 Å². The Bertz CT molecular complexity index is 680. The Morgan fingerprint density at radius 3 is 2.72 bits per heavy atom. The fourth-order valence-corrected chi connectivity index (χ4v) is 3.84. The molecular formula is C20H23FN2O2. The highest BCUT2D eigenvalue weighted by atomic mass is 19.1. The minimum atomic E-state index is -0.192. The van der Waals surface area contributed by atoms with Crippen molar-refractivity contribution in [3.8, 4) is 0 Å². The Morgan fingerprint density at radius 2 is 1.92 bits per heavy atom. The van der Waals surface area contributed by atoms with Crippen molar-refractivity contribution < 1.29 is 13.9 Å². The molecule has 3 heterocycles. The standard InChI is InChI=1S/C20H23FN2O2/c21-17-5-3-15(4-6-17)12-23-13-19(20-18(23)2-1-11-24-20)25-14-16-7-9-22-10-8-16/h3-10,18-20H,1-2,11-14H2/t18-,19+,20+/m1/s1. The highest BCUT2D eigenvalue weighted by Crippen LogP contribution is 2.32. The number of halogens is 1. The largest absolute Gasteiger partial charge is 0.374 e. The highest BCUT2D eigenvalue weighted by molar-refractivity contribution is 5.17. The number of aromatic nitrogens is 1. The van der Waals surface area contributed by atoms with Gasteiger partial charge in [0.25, 0.3) is 0 Å². The molecule has 2 saturated heterocycles. The molecule has 2 aromatic rings. The maximum absolute atomic E-state index is 13.1. The average Bonchev–Trinajstić information content (AvgIpc) is 3.01. The molecule has 4 nitrogen and oxygen atoms in total. The van der Waals surface area contributed by atoms with Crippen LogP contribution < -0.4 is 0 Å². The minimum Gasteiger partial charge on any atom is -0.374 e. The van der Waals surface area contributed by atoms with Gasteiger partial charge in [-0.2, -0.15) is 0 Å². The monoisotopic (exact) mass is 342 g/mol. The number of pyridine rings is 1. The highest BCUT2D eigenvalue weighted by Gasteiger charge is 2.44. The van der Waals surface area contributed by atoms with E-state index in [4.69, 9.17) is 9.47 Å². The summed E-state index contributed by atoms with van der Waals surface area (Å²) < 4.78 is 25.4. The molecule has 2 fully saturated rings. The fraction of sp³-hybridized carbons (Fsp3) is 0.450. The molecule has 3 atom stereocenters. The third-order valence-electron chi connectivity index (χ3n) is 5.10. The molecule has 25 heavy (non-hydrogen) atoms. The Hall–Kier alpha value is -1.82. The van der Waals surface area contributed by atoms with Gasteiger partial charge < -0.3 is 9.47 Å². The average molecular weight is 342 g/mol. The summed E-state index contributed by atoms with van der Waals surface area (Å²) in [5, 5.41) is 0. The van der Waals surface area contributed by atoms with Gasteiger partial charge in [0.15, 0.2) is 0 Å². The molecule has 2 aliphatic rings. The third-order valence-corrected chi connectivity index (χ3v) is 5.10. The van der Waals surface area contributed by atoms with E-state index in [0.29, 0.717) is 12.6 Å². The number of rotatable bonds is 5. The van der Waals surface area contributed by atoms with E-state index < -0.39 is 0 Å². The summed E-state index contributed by atoms with van der Waals surface area (Å²) in [4.78, 5) is 6.47. The fourth-order valence-electron chi connectivity index (χ4n) is 3.84. The lowest BCUT2D eigenvalue weighted by atomic mass is 10.0. The van der Waals surface area contributed by atoms with Gasteiger partial charge in [-0.05, 0) is 48.2 Å². The second kappa shape index (κ2) is 7.60. The Labute approximate surface area is 147 Å². The normalized spacial score (nSPS) is 26.5. The third kappa shape index (κ3) is 3.89. The van der Waals surface area contributed by atoms with E-state index in [9.17, 15) is 4.39 Å². The molecule has 0 saturated carbocycles. The maximum Gasteiger partial charge on any atom is 0.123 e. The minimum absolute atomic E-state index is 0.0684. The summed E-state index contributed by atoms with van der Waals surface area (Å²) in [5.74, 6) is -0.192. The van der Waals surface area contributed by atoms with Crippen LogP contribution in [0.3, 0.4) is 0 Å². The summed E-state index contributed by atoms with van der Waals surface area (Å²) >= 11 is 0. The van der Waals surface area contributed by atoms with Gasteiger partial charge in [0.1, 0.15) is 11.9 Å². The van der Waals surface area contributed by atoms with Crippen LogP contribution in [0.25, 0.3) is 0 Å². The quantitative estimate of drug-likeness (QED) is 0.836. The van der Waals surface area contributed by atoms with Crippen LogP contribution in [0.4, 0.5) is 4.39 Å². The first-order chi connectivity index (χ1) is 12.3. The summed E-state index contributed by atoms with van der Waals surface area (Å²) in [7, 11) is 0. The van der Waals surface area contributed by atoms with Crippen molar-refractivity contribution in [1.29, 1.82) is 0 Å². The molecule has 2 aliphatic heterocycles. The number of nitrogens with zero attached hydrogens (tertiary/aromatic N) is 2. The molecule has 0 spiro atoms. The van der Waals surface area contributed by atoms with Gasteiger partial charge in [-0.1, -0.05) is 12.1 Å². The molecular weight excluding hydrogens is 319 g/mol. The second-order valence-electron chi connectivity index (χ2n) is 6.81. The van der Waals surface area contributed by atoms with Crippen molar-refractivity contribution in [2.75, 3.05) is 13.2 Å². The van der Waals surface area contributed by atoms with Gasteiger partial charge in [-0.25, -0.2) is 4.39 Å². The number of hydrogen-bond acceptors (Lipinski definition) is 4. The zero-order chi connectivity index (χ0) is 17.1. The Balaban J connectivity index is 1.43. The molecule has 4 rings (SSSR count). The summed E-state index contributed by atoms with van der Waals surface area (Å²) in [6, 6.07) is 11.1.